The van der Waals surface area contributed by atoms with E-state index in [1.54, 1.807) is 16.8 Å². The van der Waals surface area contributed by atoms with E-state index in [2.05, 4.69) is 20.8 Å². The summed E-state index contributed by atoms with van der Waals surface area (Å²) >= 11 is 13.4. The predicted molar refractivity (Wildman–Crippen MR) is 94.6 cm³/mol. The maximum absolute atomic E-state index is 12.1. The van der Waals surface area contributed by atoms with Gasteiger partial charge in [-0.1, -0.05) is 41.0 Å². The fourth-order valence-electron chi connectivity index (χ4n) is 2.34. The van der Waals surface area contributed by atoms with Gasteiger partial charge in [-0.05, 0) is 54.3 Å². The normalized spacial score (nSPS) is 15.3. The molecule has 0 saturated heterocycles. The van der Waals surface area contributed by atoms with Gasteiger partial charge in [0.15, 0.2) is 0 Å². The summed E-state index contributed by atoms with van der Waals surface area (Å²) in [6.07, 6.45) is 2.85. The predicted octanol–water partition coefficient (Wildman–Crippen LogP) is 3.15. The molecule has 1 saturated carbocycles. The molecule has 1 heterocycles. The number of aromatic nitrogens is 4. The second kappa shape index (κ2) is 7.72. The highest BCUT2D eigenvalue weighted by atomic mass is 35.5. The van der Waals surface area contributed by atoms with Crippen molar-refractivity contribution in [2.45, 2.75) is 43.4 Å². The van der Waals surface area contributed by atoms with Gasteiger partial charge in [-0.2, -0.15) is 0 Å². The van der Waals surface area contributed by atoms with Crippen LogP contribution < -0.4 is 5.32 Å². The van der Waals surface area contributed by atoms with E-state index in [0.717, 1.165) is 18.4 Å². The minimum Gasteiger partial charge on any atom is -0.353 e. The van der Waals surface area contributed by atoms with Crippen molar-refractivity contribution in [2.24, 2.45) is 0 Å². The van der Waals surface area contributed by atoms with Crippen LogP contribution in [0, 0.1) is 0 Å². The van der Waals surface area contributed by atoms with Gasteiger partial charge in [0.1, 0.15) is 0 Å². The number of hydrogen-bond acceptors (Lipinski definition) is 5. The molecule has 0 spiro atoms. The van der Waals surface area contributed by atoms with E-state index in [1.165, 1.54) is 11.8 Å². The van der Waals surface area contributed by atoms with Crippen molar-refractivity contribution in [3.05, 3.63) is 33.8 Å². The van der Waals surface area contributed by atoms with Gasteiger partial charge in [0.25, 0.3) is 0 Å². The molecular formula is C15H17Cl2N5OS. The fraction of sp³-hybridized carbons (Fsp3) is 0.467. The minimum absolute atomic E-state index is 0.0313. The molecule has 1 aliphatic rings. The summed E-state index contributed by atoms with van der Waals surface area (Å²) in [5, 5.41) is 16.5. The van der Waals surface area contributed by atoms with Gasteiger partial charge in [-0.3, -0.25) is 4.79 Å². The first-order chi connectivity index (χ1) is 11.5. The van der Waals surface area contributed by atoms with Crippen molar-refractivity contribution >= 4 is 40.9 Å². The van der Waals surface area contributed by atoms with Crippen LogP contribution in [0.2, 0.25) is 10.0 Å². The molecule has 1 atom stereocenters. The molecular weight excluding hydrogens is 369 g/mol. The van der Waals surface area contributed by atoms with E-state index in [9.17, 15) is 4.79 Å². The smallest absolute Gasteiger partial charge is 0.230 e. The van der Waals surface area contributed by atoms with Crippen LogP contribution in [0.5, 0.6) is 0 Å². The van der Waals surface area contributed by atoms with Gasteiger partial charge in [0.05, 0.1) is 11.8 Å². The molecule has 0 aliphatic heterocycles. The van der Waals surface area contributed by atoms with E-state index >= 15 is 0 Å². The lowest BCUT2D eigenvalue weighted by Crippen LogP contribution is -2.35. The summed E-state index contributed by atoms with van der Waals surface area (Å²) in [6.45, 7) is 1.95. The van der Waals surface area contributed by atoms with Crippen LogP contribution in [0.1, 0.15) is 31.4 Å². The van der Waals surface area contributed by atoms with Crippen LogP contribution in [0.4, 0.5) is 0 Å². The fourth-order valence-corrected chi connectivity index (χ4v) is 3.58. The summed E-state index contributed by atoms with van der Waals surface area (Å²) in [5.41, 5.74) is 0.958. The van der Waals surface area contributed by atoms with Crippen molar-refractivity contribution < 1.29 is 4.79 Å². The van der Waals surface area contributed by atoms with Crippen LogP contribution in [0.3, 0.4) is 0 Å². The Hall–Kier alpha value is -1.31. The first-order valence-electron chi connectivity index (χ1n) is 7.67. The second-order valence-electron chi connectivity index (χ2n) is 5.83. The number of tetrazole rings is 1. The summed E-state index contributed by atoms with van der Waals surface area (Å²) < 4.78 is 1.80. The van der Waals surface area contributed by atoms with Crippen LogP contribution >= 0.6 is 35.0 Å². The average Bonchev–Trinajstić information content (AvgIpc) is 3.26. The van der Waals surface area contributed by atoms with Gasteiger partial charge in [-0.25, -0.2) is 4.68 Å². The van der Waals surface area contributed by atoms with Gasteiger partial charge < -0.3 is 5.32 Å². The molecule has 1 aliphatic carbocycles. The minimum atomic E-state index is -0.0528. The maximum Gasteiger partial charge on any atom is 0.230 e. The molecule has 1 aromatic carbocycles. The van der Waals surface area contributed by atoms with Crippen molar-refractivity contribution in [3.63, 3.8) is 0 Å². The van der Waals surface area contributed by atoms with Crippen LogP contribution in [0.15, 0.2) is 23.4 Å². The number of thioether (sulfide) groups is 1. The number of nitrogens with zero attached hydrogens (tertiary/aromatic N) is 4. The monoisotopic (exact) mass is 385 g/mol. The third kappa shape index (κ3) is 4.62. The third-order valence-electron chi connectivity index (χ3n) is 3.64. The number of halogens is 2. The van der Waals surface area contributed by atoms with Crippen molar-refractivity contribution in [1.29, 1.82) is 0 Å². The Morgan fingerprint density at radius 1 is 1.46 bits per heavy atom. The molecule has 0 radical (unpaired) electrons. The summed E-state index contributed by atoms with van der Waals surface area (Å²) in [4.78, 5) is 12.1. The molecule has 1 fully saturated rings. The molecule has 3 rings (SSSR count). The number of nitrogens with one attached hydrogen (secondary N) is 1. The van der Waals surface area contributed by atoms with Crippen LogP contribution in [0.25, 0.3) is 0 Å². The van der Waals surface area contributed by atoms with Crippen molar-refractivity contribution in [2.75, 3.05) is 5.75 Å². The number of benzene rings is 1. The standard InChI is InChI=1S/C15H17Cl2N5OS/c1-9(6-10-2-3-11(16)7-13(10)17)18-14(23)8-24-15-19-20-21-22(15)12-4-5-12/h2-3,7,9,12H,4-6,8H2,1H3,(H,18,23). The Balaban J connectivity index is 1.48. The number of carbonyl (C=O) groups is 1. The number of amides is 1. The topological polar surface area (TPSA) is 72.7 Å². The van der Waals surface area contributed by atoms with Gasteiger partial charge in [-0.15, -0.1) is 5.10 Å². The Morgan fingerprint density at radius 3 is 2.96 bits per heavy atom. The van der Waals surface area contributed by atoms with E-state index in [1.807, 2.05) is 13.0 Å². The van der Waals surface area contributed by atoms with Gasteiger partial charge in [0, 0.05) is 16.1 Å². The lowest BCUT2D eigenvalue weighted by Gasteiger charge is -2.15. The molecule has 9 heteroatoms. The zero-order valence-electron chi connectivity index (χ0n) is 13.1. The summed E-state index contributed by atoms with van der Waals surface area (Å²) in [5.74, 6) is 0.231. The third-order valence-corrected chi connectivity index (χ3v) is 5.16. The first-order valence-corrected chi connectivity index (χ1v) is 9.41. The molecule has 0 bridgehead atoms. The Morgan fingerprint density at radius 2 is 2.25 bits per heavy atom. The summed E-state index contributed by atoms with van der Waals surface area (Å²) in [7, 11) is 0. The average molecular weight is 386 g/mol. The Bertz CT molecular complexity index is 734. The van der Waals surface area contributed by atoms with Gasteiger partial charge >= 0.3 is 0 Å². The van der Waals surface area contributed by atoms with Crippen molar-refractivity contribution in [1.82, 2.24) is 25.5 Å². The van der Waals surface area contributed by atoms with Gasteiger partial charge in [0.2, 0.25) is 11.1 Å². The Kier molecular flexibility index (Phi) is 5.63. The molecule has 128 valence electrons. The lowest BCUT2D eigenvalue weighted by atomic mass is 10.1. The van der Waals surface area contributed by atoms with Crippen molar-refractivity contribution in [3.8, 4) is 0 Å². The molecule has 1 aromatic heterocycles. The highest BCUT2D eigenvalue weighted by Crippen LogP contribution is 2.36. The number of hydrogen-bond donors (Lipinski definition) is 1. The largest absolute Gasteiger partial charge is 0.353 e. The zero-order valence-corrected chi connectivity index (χ0v) is 15.4. The maximum atomic E-state index is 12.1. The number of rotatable bonds is 7. The Labute approximate surface area is 154 Å². The molecule has 6 nitrogen and oxygen atoms in total. The van der Waals surface area contributed by atoms with E-state index in [0.29, 0.717) is 27.7 Å². The second-order valence-corrected chi connectivity index (χ2v) is 7.62. The molecule has 1 N–H and O–H groups in total. The molecule has 2 aromatic rings. The number of carbonyl (C=O) groups excluding carboxylic acids is 1. The summed E-state index contributed by atoms with van der Waals surface area (Å²) in [6, 6.07) is 5.75. The molecule has 24 heavy (non-hydrogen) atoms. The van der Waals surface area contributed by atoms with E-state index in [-0.39, 0.29) is 17.7 Å². The lowest BCUT2D eigenvalue weighted by molar-refractivity contribution is -0.119. The van der Waals surface area contributed by atoms with E-state index in [4.69, 9.17) is 23.2 Å². The highest BCUT2D eigenvalue weighted by Gasteiger charge is 2.28. The SMILES string of the molecule is CC(Cc1ccc(Cl)cc1Cl)NC(=O)CSc1nnnn1C1CC1. The quantitative estimate of drug-likeness (QED) is 0.740. The van der Waals surface area contributed by atoms with Crippen LogP contribution in [-0.2, 0) is 11.2 Å². The zero-order chi connectivity index (χ0) is 17.1. The first kappa shape index (κ1) is 17.5. The molecule has 1 amide bonds. The highest BCUT2D eigenvalue weighted by molar-refractivity contribution is 7.99. The van der Waals surface area contributed by atoms with Crippen LogP contribution in [-0.4, -0.2) is 37.9 Å². The molecule has 1 unspecified atom stereocenters. The van der Waals surface area contributed by atoms with E-state index < -0.39 is 0 Å².